The third kappa shape index (κ3) is 3.50. The molecule has 7 nitrogen and oxygen atoms in total. The summed E-state index contributed by atoms with van der Waals surface area (Å²) in [6.45, 7) is 2.47. The number of benzene rings is 2. The maximum Gasteiger partial charge on any atom is 0.262 e. The lowest BCUT2D eigenvalue weighted by Gasteiger charge is -2.10. The number of ether oxygens (including phenoxy) is 1. The molecule has 28 heavy (non-hydrogen) atoms. The molecule has 0 fully saturated rings. The quantitative estimate of drug-likeness (QED) is 0.364. The Morgan fingerprint density at radius 2 is 1.89 bits per heavy atom. The number of para-hydroxylation sites is 1. The maximum atomic E-state index is 12.7. The molecule has 4 aromatic rings. The number of aromatic nitrogens is 4. The number of hydrogen-bond acceptors (Lipinski definition) is 7. The number of nitrogens with zero attached hydrogens (tertiary/aromatic N) is 4. The summed E-state index contributed by atoms with van der Waals surface area (Å²) >= 11 is 1.42. The van der Waals surface area contributed by atoms with E-state index in [2.05, 4.69) is 15.1 Å². The van der Waals surface area contributed by atoms with Gasteiger partial charge in [0.2, 0.25) is 0 Å². The Hall–Kier alpha value is -3.13. The van der Waals surface area contributed by atoms with E-state index in [0.29, 0.717) is 40.1 Å². The van der Waals surface area contributed by atoms with Gasteiger partial charge in [-0.1, -0.05) is 29.1 Å². The van der Waals surface area contributed by atoms with Gasteiger partial charge in [-0.2, -0.15) is 4.98 Å². The predicted molar refractivity (Wildman–Crippen MR) is 108 cm³/mol. The second kappa shape index (κ2) is 7.85. The molecule has 0 amide bonds. The van der Waals surface area contributed by atoms with Crippen LogP contribution in [-0.4, -0.2) is 26.8 Å². The third-order valence-electron chi connectivity index (χ3n) is 4.28. The molecule has 4 rings (SSSR count). The monoisotopic (exact) mass is 394 g/mol. The molecule has 2 aromatic heterocycles. The smallest absolute Gasteiger partial charge is 0.262 e. The summed E-state index contributed by atoms with van der Waals surface area (Å²) in [6.07, 6.45) is 0. The molecule has 0 bridgehead atoms. The van der Waals surface area contributed by atoms with Crippen molar-refractivity contribution in [2.75, 3.05) is 7.11 Å². The predicted octanol–water partition coefficient (Wildman–Crippen LogP) is 3.77. The molecule has 0 N–H and O–H groups in total. The maximum absolute atomic E-state index is 12.7. The van der Waals surface area contributed by atoms with E-state index in [1.165, 1.54) is 11.8 Å². The van der Waals surface area contributed by atoms with Gasteiger partial charge >= 0.3 is 0 Å². The average molecular weight is 394 g/mol. The molecule has 0 aliphatic heterocycles. The first kappa shape index (κ1) is 18.2. The van der Waals surface area contributed by atoms with Crippen molar-refractivity contribution in [3.8, 4) is 17.2 Å². The van der Waals surface area contributed by atoms with Gasteiger partial charge in [-0.25, -0.2) is 4.98 Å². The van der Waals surface area contributed by atoms with Gasteiger partial charge in [-0.05, 0) is 43.3 Å². The number of fused-ring (bicyclic) bond motifs is 1. The van der Waals surface area contributed by atoms with Crippen LogP contribution in [0.4, 0.5) is 0 Å². The van der Waals surface area contributed by atoms with Gasteiger partial charge in [0.25, 0.3) is 11.4 Å². The first-order valence-corrected chi connectivity index (χ1v) is 9.77. The molecule has 0 unspecified atom stereocenters. The molecule has 0 aliphatic carbocycles. The Morgan fingerprint density at radius 1 is 1.11 bits per heavy atom. The summed E-state index contributed by atoms with van der Waals surface area (Å²) in [5.74, 6) is 2.20. The summed E-state index contributed by atoms with van der Waals surface area (Å²) in [5.41, 5.74) is 1.47. The van der Waals surface area contributed by atoms with Crippen LogP contribution < -0.4 is 10.3 Å². The minimum Gasteiger partial charge on any atom is -0.497 e. The lowest BCUT2D eigenvalue weighted by Crippen LogP contribution is -2.22. The molecule has 0 spiro atoms. The average Bonchev–Trinajstić information content (AvgIpc) is 3.21. The van der Waals surface area contributed by atoms with Crippen LogP contribution in [0.5, 0.6) is 5.75 Å². The Kier molecular flexibility index (Phi) is 5.12. The van der Waals surface area contributed by atoms with E-state index in [9.17, 15) is 4.79 Å². The van der Waals surface area contributed by atoms with Crippen LogP contribution in [0, 0.1) is 0 Å². The van der Waals surface area contributed by atoms with Crippen molar-refractivity contribution in [3.63, 3.8) is 0 Å². The number of methoxy groups -OCH3 is 1. The van der Waals surface area contributed by atoms with E-state index in [-0.39, 0.29) is 5.56 Å². The molecule has 142 valence electrons. The molecule has 0 saturated carbocycles. The van der Waals surface area contributed by atoms with E-state index in [1.807, 2.05) is 49.4 Å². The second-order valence-electron chi connectivity index (χ2n) is 5.99. The summed E-state index contributed by atoms with van der Waals surface area (Å²) in [6, 6.07) is 14.8. The van der Waals surface area contributed by atoms with E-state index < -0.39 is 0 Å². The lowest BCUT2D eigenvalue weighted by atomic mass is 10.2. The van der Waals surface area contributed by atoms with Gasteiger partial charge in [-0.15, -0.1) is 0 Å². The Morgan fingerprint density at radius 3 is 2.64 bits per heavy atom. The van der Waals surface area contributed by atoms with Crippen molar-refractivity contribution in [3.05, 3.63) is 64.7 Å². The summed E-state index contributed by atoms with van der Waals surface area (Å²) in [7, 11) is 1.62. The summed E-state index contributed by atoms with van der Waals surface area (Å²) in [5, 5.41) is 5.30. The minimum atomic E-state index is -0.0392. The highest BCUT2D eigenvalue weighted by atomic mass is 32.2. The topological polar surface area (TPSA) is 83.0 Å². The summed E-state index contributed by atoms with van der Waals surface area (Å²) < 4.78 is 12.2. The summed E-state index contributed by atoms with van der Waals surface area (Å²) in [4.78, 5) is 21.8. The van der Waals surface area contributed by atoms with E-state index in [4.69, 9.17) is 9.26 Å². The molecule has 0 saturated heterocycles. The fourth-order valence-corrected chi connectivity index (χ4v) is 3.74. The lowest BCUT2D eigenvalue weighted by molar-refractivity contribution is 0.414. The minimum absolute atomic E-state index is 0.0392. The fourth-order valence-electron chi connectivity index (χ4n) is 2.83. The zero-order valence-electron chi connectivity index (χ0n) is 15.5. The Bertz CT molecular complexity index is 1170. The number of rotatable bonds is 6. The van der Waals surface area contributed by atoms with Crippen molar-refractivity contribution < 1.29 is 9.26 Å². The van der Waals surface area contributed by atoms with E-state index in [1.54, 1.807) is 17.7 Å². The molecule has 8 heteroatoms. The van der Waals surface area contributed by atoms with Crippen LogP contribution >= 0.6 is 11.8 Å². The zero-order valence-corrected chi connectivity index (χ0v) is 16.3. The third-order valence-corrected chi connectivity index (χ3v) is 5.25. The first-order valence-electron chi connectivity index (χ1n) is 8.79. The largest absolute Gasteiger partial charge is 0.497 e. The van der Waals surface area contributed by atoms with Gasteiger partial charge < -0.3 is 9.26 Å². The molecule has 0 radical (unpaired) electrons. The van der Waals surface area contributed by atoms with E-state index >= 15 is 0 Å². The van der Waals surface area contributed by atoms with Crippen LogP contribution in [-0.2, 0) is 12.3 Å². The van der Waals surface area contributed by atoms with Crippen molar-refractivity contribution >= 4 is 22.7 Å². The standard InChI is InChI=1S/C20H18N4O3S/c1-3-24-19(25)15-6-4-5-7-16(15)21-20(24)28-12-17-22-18(27-23-17)13-8-10-14(26-2)11-9-13/h4-11H,3,12H2,1-2H3. The molecule has 2 heterocycles. The molecular formula is C20H18N4O3S. The Balaban J connectivity index is 1.56. The SMILES string of the molecule is CCn1c(SCc2noc(-c3ccc(OC)cc3)n2)nc2ccccc2c1=O. The van der Waals surface area contributed by atoms with Gasteiger partial charge in [0.15, 0.2) is 11.0 Å². The van der Waals surface area contributed by atoms with Crippen molar-refractivity contribution in [1.29, 1.82) is 0 Å². The molecule has 0 atom stereocenters. The number of thioether (sulfide) groups is 1. The van der Waals surface area contributed by atoms with Gasteiger partial charge in [0, 0.05) is 12.1 Å². The fraction of sp³-hybridized carbons (Fsp3) is 0.200. The van der Waals surface area contributed by atoms with Crippen LogP contribution in [0.15, 0.2) is 63.0 Å². The first-order chi connectivity index (χ1) is 13.7. The van der Waals surface area contributed by atoms with Gasteiger partial charge in [-0.3, -0.25) is 9.36 Å². The van der Waals surface area contributed by atoms with E-state index in [0.717, 1.165) is 11.3 Å². The number of hydrogen-bond donors (Lipinski definition) is 0. The van der Waals surface area contributed by atoms with Crippen LogP contribution in [0.2, 0.25) is 0 Å². The van der Waals surface area contributed by atoms with Crippen LogP contribution in [0.3, 0.4) is 0 Å². The highest BCUT2D eigenvalue weighted by Gasteiger charge is 2.13. The zero-order chi connectivity index (χ0) is 19.5. The molecule has 0 aliphatic rings. The van der Waals surface area contributed by atoms with Crippen LogP contribution in [0.1, 0.15) is 12.7 Å². The second-order valence-corrected chi connectivity index (χ2v) is 6.94. The van der Waals surface area contributed by atoms with Crippen LogP contribution in [0.25, 0.3) is 22.4 Å². The van der Waals surface area contributed by atoms with Crippen molar-refractivity contribution in [2.24, 2.45) is 0 Å². The highest BCUT2D eigenvalue weighted by molar-refractivity contribution is 7.98. The van der Waals surface area contributed by atoms with Gasteiger partial charge in [0.1, 0.15) is 5.75 Å². The van der Waals surface area contributed by atoms with Crippen molar-refractivity contribution in [1.82, 2.24) is 19.7 Å². The Labute approximate surface area is 165 Å². The van der Waals surface area contributed by atoms with Gasteiger partial charge in [0.05, 0.1) is 23.8 Å². The normalized spacial score (nSPS) is 11.1. The molecule has 2 aromatic carbocycles. The highest BCUT2D eigenvalue weighted by Crippen LogP contribution is 2.24. The molecular weight excluding hydrogens is 376 g/mol. The van der Waals surface area contributed by atoms with Crippen molar-refractivity contribution in [2.45, 2.75) is 24.4 Å².